The Hall–Kier alpha value is -0.340. The van der Waals surface area contributed by atoms with E-state index in [1.807, 2.05) is 6.92 Å². The summed E-state index contributed by atoms with van der Waals surface area (Å²) in [5.41, 5.74) is 2.87. The molecule has 2 heteroatoms. The third kappa shape index (κ3) is 5.79. The van der Waals surface area contributed by atoms with Gasteiger partial charge in [0, 0.05) is 6.54 Å². The number of nitrogens with one attached hydrogen (secondary N) is 1. The quantitative estimate of drug-likeness (QED) is 0.348. The second kappa shape index (κ2) is 6.78. The lowest BCUT2D eigenvalue weighted by Crippen LogP contribution is -2.20. The van der Waals surface area contributed by atoms with Gasteiger partial charge in [-0.05, 0) is 13.3 Å². The lowest BCUT2D eigenvalue weighted by molar-refractivity contribution is 0.00984. The monoisotopic (exact) mass is 143 g/mol. The molecule has 2 nitrogen and oxygen atoms in total. The van der Waals surface area contributed by atoms with Gasteiger partial charge in [-0.25, -0.2) is 5.48 Å². The molecule has 0 heterocycles. The van der Waals surface area contributed by atoms with Crippen LogP contribution in [-0.2, 0) is 4.84 Å². The Balaban J connectivity index is 2.95. The van der Waals surface area contributed by atoms with E-state index in [0.29, 0.717) is 0 Å². The molecule has 0 aromatic rings. The van der Waals surface area contributed by atoms with Crippen molar-refractivity contribution in [2.45, 2.75) is 32.8 Å². The third-order valence-electron chi connectivity index (χ3n) is 1.23. The summed E-state index contributed by atoms with van der Waals surface area (Å²) >= 11 is 0. The Morgan fingerprint density at radius 3 is 2.90 bits per heavy atom. The molecule has 10 heavy (non-hydrogen) atoms. The molecule has 1 atom stereocenters. The molecule has 60 valence electrons. The average molecular weight is 143 g/mol. The molecule has 0 saturated heterocycles. The zero-order chi connectivity index (χ0) is 7.82. The SMILES string of the molecule is C=CC(C)ONCCCC. The zero-order valence-electron chi connectivity index (χ0n) is 6.89. The van der Waals surface area contributed by atoms with Gasteiger partial charge in [-0.15, -0.1) is 6.58 Å². The largest absolute Gasteiger partial charge is 0.295 e. The Morgan fingerprint density at radius 1 is 1.70 bits per heavy atom. The Bertz CT molecular complexity index is 83.3. The number of unbranched alkanes of at least 4 members (excludes halogenated alkanes) is 1. The summed E-state index contributed by atoms with van der Waals surface area (Å²) in [4.78, 5) is 5.13. The second-order valence-corrected chi connectivity index (χ2v) is 2.31. The molecule has 0 rings (SSSR count). The van der Waals surface area contributed by atoms with Crippen LogP contribution < -0.4 is 5.48 Å². The van der Waals surface area contributed by atoms with Gasteiger partial charge in [-0.2, -0.15) is 0 Å². The Morgan fingerprint density at radius 2 is 2.40 bits per heavy atom. The van der Waals surface area contributed by atoms with Gasteiger partial charge in [-0.1, -0.05) is 19.4 Å². The third-order valence-corrected chi connectivity index (χ3v) is 1.23. The van der Waals surface area contributed by atoms with E-state index in [9.17, 15) is 0 Å². The summed E-state index contributed by atoms with van der Waals surface area (Å²) < 4.78 is 0. The van der Waals surface area contributed by atoms with E-state index >= 15 is 0 Å². The first-order valence-electron chi connectivity index (χ1n) is 3.82. The van der Waals surface area contributed by atoms with Crippen LogP contribution in [0.1, 0.15) is 26.7 Å². The first kappa shape index (κ1) is 9.66. The number of rotatable bonds is 6. The van der Waals surface area contributed by atoms with Gasteiger partial charge in [0.25, 0.3) is 0 Å². The second-order valence-electron chi connectivity index (χ2n) is 2.31. The summed E-state index contributed by atoms with van der Waals surface area (Å²) in [6, 6.07) is 0. The molecule has 0 aromatic heterocycles. The van der Waals surface area contributed by atoms with Crippen LogP contribution >= 0.6 is 0 Å². The molecule has 0 radical (unpaired) electrons. The van der Waals surface area contributed by atoms with Gasteiger partial charge in [0.1, 0.15) is 0 Å². The van der Waals surface area contributed by atoms with Gasteiger partial charge in [0.05, 0.1) is 6.10 Å². The van der Waals surface area contributed by atoms with Crippen LogP contribution in [0.25, 0.3) is 0 Å². The topological polar surface area (TPSA) is 21.3 Å². The molecule has 0 aromatic carbocycles. The highest BCUT2D eigenvalue weighted by Gasteiger charge is 1.92. The van der Waals surface area contributed by atoms with E-state index < -0.39 is 0 Å². The van der Waals surface area contributed by atoms with Crippen LogP contribution in [0.2, 0.25) is 0 Å². The van der Waals surface area contributed by atoms with Crippen LogP contribution in [0.4, 0.5) is 0 Å². The molecule has 1 N–H and O–H groups in total. The van der Waals surface area contributed by atoms with Gasteiger partial charge in [0.2, 0.25) is 0 Å². The fourth-order valence-electron chi connectivity index (χ4n) is 0.487. The van der Waals surface area contributed by atoms with Crippen molar-refractivity contribution in [2.75, 3.05) is 6.54 Å². The van der Waals surface area contributed by atoms with Crippen molar-refractivity contribution < 1.29 is 4.84 Å². The van der Waals surface area contributed by atoms with Crippen LogP contribution in [0.3, 0.4) is 0 Å². The Kier molecular flexibility index (Phi) is 6.55. The smallest absolute Gasteiger partial charge is 0.0940 e. The van der Waals surface area contributed by atoms with Crippen molar-refractivity contribution in [3.05, 3.63) is 12.7 Å². The average Bonchev–Trinajstić information content (AvgIpc) is 1.98. The van der Waals surface area contributed by atoms with E-state index in [1.165, 1.54) is 6.42 Å². The Labute approximate surface area is 63.2 Å². The molecule has 0 amide bonds. The molecular formula is C8H17NO. The molecule has 0 aliphatic rings. The molecule has 0 saturated carbocycles. The zero-order valence-corrected chi connectivity index (χ0v) is 6.89. The summed E-state index contributed by atoms with van der Waals surface area (Å²) in [6.45, 7) is 8.62. The van der Waals surface area contributed by atoms with E-state index in [-0.39, 0.29) is 6.10 Å². The predicted molar refractivity (Wildman–Crippen MR) is 43.7 cm³/mol. The van der Waals surface area contributed by atoms with Crippen LogP contribution in [0.15, 0.2) is 12.7 Å². The maximum absolute atomic E-state index is 5.13. The minimum Gasteiger partial charge on any atom is -0.295 e. The first-order chi connectivity index (χ1) is 4.81. The number of hydroxylamine groups is 1. The molecule has 0 aliphatic carbocycles. The highest BCUT2D eigenvalue weighted by molar-refractivity contribution is 4.74. The molecular weight excluding hydrogens is 126 g/mol. The molecule has 0 bridgehead atoms. The predicted octanol–water partition coefficient (Wildman–Crippen LogP) is 1.88. The van der Waals surface area contributed by atoms with Gasteiger partial charge < -0.3 is 0 Å². The van der Waals surface area contributed by atoms with Crippen molar-refractivity contribution in [1.29, 1.82) is 0 Å². The van der Waals surface area contributed by atoms with Crippen LogP contribution in [0.5, 0.6) is 0 Å². The van der Waals surface area contributed by atoms with Crippen molar-refractivity contribution >= 4 is 0 Å². The van der Waals surface area contributed by atoms with Crippen molar-refractivity contribution in [2.24, 2.45) is 0 Å². The highest BCUT2D eigenvalue weighted by Crippen LogP contribution is 1.88. The fraction of sp³-hybridized carbons (Fsp3) is 0.750. The van der Waals surface area contributed by atoms with Gasteiger partial charge >= 0.3 is 0 Å². The molecule has 0 spiro atoms. The van der Waals surface area contributed by atoms with Gasteiger partial charge in [0.15, 0.2) is 0 Å². The highest BCUT2D eigenvalue weighted by atomic mass is 16.7. The summed E-state index contributed by atoms with van der Waals surface area (Å²) in [6.07, 6.45) is 4.22. The summed E-state index contributed by atoms with van der Waals surface area (Å²) in [5.74, 6) is 0. The van der Waals surface area contributed by atoms with Crippen LogP contribution in [-0.4, -0.2) is 12.6 Å². The molecule has 0 fully saturated rings. The minimum atomic E-state index is 0.108. The lowest BCUT2D eigenvalue weighted by Gasteiger charge is -2.07. The maximum atomic E-state index is 5.13. The van der Waals surface area contributed by atoms with E-state index in [1.54, 1.807) is 6.08 Å². The van der Waals surface area contributed by atoms with E-state index in [0.717, 1.165) is 13.0 Å². The molecule has 1 unspecified atom stereocenters. The maximum Gasteiger partial charge on any atom is 0.0940 e. The minimum absolute atomic E-state index is 0.108. The first-order valence-corrected chi connectivity index (χ1v) is 3.82. The van der Waals surface area contributed by atoms with Crippen molar-refractivity contribution in [3.8, 4) is 0 Å². The summed E-state index contributed by atoms with van der Waals surface area (Å²) in [7, 11) is 0. The van der Waals surface area contributed by atoms with Crippen molar-refractivity contribution in [3.63, 3.8) is 0 Å². The fourth-order valence-corrected chi connectivity index (χ4v) is 0.487. The summed E-state index contributed by atoms with van der Waals surface area (Å²) in [5, 5.41) is 0. The van der Waals surface area contributed by atoms with Crippen molar-refractivity contribution in [1.82, 2.24) is 5.48 Å². The number of hydrogen-bond donors (Lipinski definition) is 1. The van der Waals surface area contributed by atoms with Gasteiger partial charge in [-0.3, -0.25) is 4.84 Å². The van der Waals surface area contributed by atoms with E-state index in [2.05, 4.69) is 19.0 Å². The van der Waals surface area contributed by atoms with Crippen LogP contribution in [0, 0.1) is 0 Å². The number of hydrogen-bond acceptors (Lipinski definition) is 2. The molecule has 0 aliphatic heterocycles. The van der Waals surface area contributed by atoms with E-state index in [4.69, 9.17) is 4.84 Å². The normalized spacial score (nSPS) is 13.0. The standard InChI is InChI=1S/C8H17NO/c1-4-6-7-9-10-8(3)5-2/h5,8-9H,2,4,6-7H2,1,3H3. The lowest BCUT2D eigenvalue weighted by atomic mass is 10.3.